The zero-order valence-electron chi connectivity index (χ0n) is 28.9. The van der Waals surface area contributed by atoms with Crippen LogP contribution in [0.15, 0.2) is 12.2 Å². The molecule has 1 fully saturated rings. The van der Waals surface area contributed by atoms with Gasteiger partial charge in [0.05, 0.1) is 13.2 Å². The molecule has 1 heterocycles. The number of rotatable bonds is 21. The fourth-order valence-corrected chi connectivity index (χ4v) is 6.07. The lowest BCUT2D eigenvalue weighted by atomic mass is 9.83. The molecule has 0 spiro atoms. The molecule has 0 amide bonds. The monoisotopic (exact) mass is 628 g/mol. The number of carbonyl (C=O) groups excluding carboxylic acids is 1. The van der Waals surface area contributed by atoms with E-state index in [9.17, 15) is 19.8 Å². The molecule has 2 N–H and O–H groups in total. The Hall–Kier alpha value is -1.26. The van der Waals surface area contributed by atoms with Crippen molar-refractivity contribution in [2.24, 2.45) is 5.92 Å². The Labute approximate surface area is 263 Å². The molecule has 0 radical (unpaired) electrons. The summed E-state index contributed by atoms with van der Waals surface area (Å²) in [5.41, 5.74) is -3.12. The zero-order chi connectivity index (χ0) is 32.8. The second-order valence-electron chi connectivity index (χ2n) is 14.8. The molecule has 8 nitrogen and oxygen atoms in total. The molecule has 0 aromatic carbocycles. The van der Waals surface area contributed by atoms with Crippen LogP contribution in [0.1, 0.15) is 132 Å². The quantitative estimate of drug-likeness (QED) is 0.0567. The minimum atomic E-state index is -2.25. The first-order valence-corrected chi connectivity index (χ1v) is 19.6. The maximum Gasteiger partial charge on any atom is 0.339 e. The van der Waals surface area contributed by atoms with Crippen molar-refractivity contribution in [1.29, 1.82) is 0 Å². The summed E-state index contributed by atoms with van der Waals surface area (Å²) in [6, 6.07) is 0. The van der Waals surface area contributed by atoms with Crippen LogP contribution in [0.4, 0.5) is 0 Å². The van der Waals surface area contributed by atoms with Crippen molar-refractivity contribution in [2.75, 3.05) is 19.8 Å². The Morgan fingerprint density at radius 3 is 1.93 bits per heavy atom. The van der Waals surface area contributed by atoms with E-state index in [2.05, 4.69) is 40.8 Å². The predicted molar refractivity (Wildman–Crippen MR) is 175 cm³/mol. The van der Waals surface area contributed by atoms with E-state index in [1.54, 1.807) is 26.8 Å². The van der Waals surface area contributed by atoms with Gasteiger partial charge in [-0.25, -0.2) is 4.79 Å². The fourth-order valence-electron chi connectivity index (χ4n) is 5.03. The molecule has 0 saturated carbocycles. The largest absolute Gasteiger partial charge is 0.481 e. The molecule has 252 valence electrons. The van der Waals surface area contributed by atoms with E-state index < -0.39 is 43.2 Å². The minimum Gasteiger partial charge on any atom is -0.481 e. The van der Waals surface area contributed by atoms with Crippen molar-refractivity contribution in [3.8, 4) is 0 Å². The number of hydrogen-bond acceptors (Lipinski definition) is 7. The number of allylic oxidation sites excluding steroid dienone is 1. The Morgan fingerprint density at radius 2 is 1.44 bits per heavy atom. The SMILES string of the molecule is CCCCCCCC1(CCCCCC/C=C/[C@H](C(=O)O)[C@@](O)(CCO[Si](C)(C)C(C)(C)C)C(=O)OC(C)(C)C)OCCO1. The highest BCUT2D eigenvalue weighted by molar-refractivity contribution is 6.74. The maximum absolute atomic E-state index is 13.2. The van der Waals surface area contributed by atoms with Gasteiger partial charge in [-0.3, -0.25) is 4.79 Å². The predicted octanol–water partition coefficient (Wildman–Crippen LogP) is 8.17. The molecule has 0 aliphatic carbocycles. The summed E-state index contributed by atoms with van der Waals surface area (Å²) in [6.45, 7) is 19.2. The summed E-state index contributed by atoms with van der Waals surface area (Å²) in [5.74, 6) is -4.07. The van der Waals surface area contributed by atoms with E-state index >= 15 is 0 Å². The van der Waals surface area contributed by atoms with Crippen LogP contribution in [0.5, 0.6) is 0 Å². The molecule has 43 heavy (non-hydrogen) atoms. The van der Waals surface area contributed by atoms with Gasteiger partial charge in [-0.05, 0) is 64.6 Å². The molecule has 2 atom stereocenters. The number of carboxylic acid groups (broad SMARTS) is 1. The van der Waals surface area contributed by atoms with Gasteiger partial charge in [0.15, 0.2) is 19.7 Å². The normalized spacial score (nSPS) is 18.1. The summed E-state index contributed by atoms with van der Waals surface area (Å²) >= 11 is 0. The highest BCUT2D eigenvalue weighted by Gasteiger charge is 2.49. The lowest BCUT2D eigenvalue weighted by Gasteiger charge is -2.38. The van der Waals surface area contributed by atoms with Crippen molar-refractivity contribution >= 4 is 20.3 Å². The molecule has 1 saturated heterocycles. The Morgan fingerprint density at radius 1 is 0.907 bits per heavy atom. The topological polar surface area (TPSA) is 112 Å². The number of ether oxygens (including phenoxy) is 3. The van der Waals surface area contributed by atoms with Crippen LogP contribution in [0.3, 0.4) is 0 Å². The highest BCUT2D eigenvalue weighted by atomic mass is 28.4. The van der Waals surface area contributed by atoms with Crippen LogP contribution in [-0.4, -0.2) is 67.3 Å². The average molecular weight is 629 g/mol. The molecular weight excluding hydrogens is 564 g/mol. The number of esters is 1. The van der Waals surface area contributed by atoms with Crippen LogP contribution in [0, 0.1) is 5.92 Å². The second-order valence-corrected chi connectivity index (χ2v) is 19.6. The lowest BCUT2D eigenvalue weighted by Crippen LogP contribution is -2.52. The van der Waals surface area contributed by atoms with Gasteiger partial charge in [0.2, 0.25) is 0 Å². The Balaban J connectivity index is 2.71. The molecule has 0 bridgehead atoms. The van der Waals surface area contributed by atoms with Gasteiger partial charge < -0.3 is 28.8 Å². The van der Waals surface area contributed by atoms with Gasteiger partial charge in [0.25, 0.3) is 0 Å². The first-order chi connectivity index (χ1) is 19.9. The molecule has 1 rings (SSSR count). The first-order valence-electron chi connectivity index (χ1n) is 16.7. The maximum atomic E-state index is 13.2. The Bertz CT molecular complexity index is 851. The molecule has 1 aliphatic rings. The number of hydrogen-bond donors (Lipinski definition) is 2. The highest BCUT2D eigenvalue weighted by Crippen LogP contribution is 2.37. The molecule has 0 unspecified atom stereocenters. The minimum absolute atomic E-state index is 0.0604. The van der Waals surface area contributed by atoms with Crippen molar-refractivity contribution in [3.05, 3.63) is 12.2 Å². The van der Waals surface area contributed by atoms with Gasteiger partial charge in [-0.15, -0.1) is 0 Å². The second kappa shape index (κ2) is 18.0. The first kappa shape index (κ1) is 39.8. The van der Waals surface area contributed by atoms with E-state index in [0.29, 0.717) is 19.6 Å². The molecule has 1 aliphatic heterocycles. The number of carboxylic acids is 1. The standard InChI is InChI=1S/C34H64O8Si/c1-10-11-12-16-19-22-33(39-26-27-40-33)23-20-17-14-13-15-18-21-28(29(35)36)34(38,30(37)42-31(2,3)4)24-25-41-43(8,9)32(5,6)7/h18,21,28,38H,10-17,19-20,22-27H2,1-9H3,(H,35,36)/b21-18+/t28-,34+/m1/s1. The molecule has 0 aromatic heterocycles. The van der Waals surface area contributed by atoms with Crippen LogP contribution >= 0.6 is 0 Å². The van der Waals surface area contributed by atoms with Gasteiger partial charge in [0, 0.05) is 25.9 Å². The van der Waals surface area contributed by atoms with E-state index in [4.69, 9.17) is 18.6 Å². The van der Waals surface area contributed by atoms with Crippen molar-refractivity contribution in [3.63, 3.8) is 0 Å². The number of aliphatic carboxylic acids is 1. The average Bonchev–Trinajstić information content (AvgIpc) is 3.34. The molecule has 9 heteroatoms. The lowest BCUT2D eigenvalue weighted by molar-refractivity contribution is -0.187. The Kier molecular flexibility index (Phi) is 16.7. The van der Waals surface area contributed by atoms with Crippen LogP contribution in [0.2, 0.25) is 18.1 Å². The summed E-state index contributed by atoms with van der Waals surface area (Å²) in [4.78, 5) is 25.5. The van der Waals surface area contributed by atoms with Gasteiger partial charge in [-0.1, -0.05) is 78.4 Å². The number of unbranched alkanes of at least 4 members (excludes halogenated alkanes) is 8. The number of carbonyl (C=O) groups is 2. The van der Waals surface area contributed by atoms with E-state index in [1.807, 2.05) is 0 Å². The van der Waals surface area contributed by atoms with Gasteiger partial charge in [-0.2, -0.15) is 0 Å². The van der Waals surface area contributed by atoms with E-state index in [0.717, 1.165) is 44.9 Å². The van der Waals surface area contributed by atoms with Crippen LogP contribution in [-0.2, 0) is 28.2 Å². The van der Waals surface area contributed by atoms with Crippen LogP contribution < -0.4 is 0 Å². The number of aliphatic hydroxyl groups is 1. The summed E-state index contributed by atoms with van der Waals surface area (Å²) in [5, 5.41) is 21.6. The third-order valence-corrected chi connectivity index (χ3v) is 13.3. The van der Waals surface area contributed by atoms with Crippen molar-refractivity contribution in [2.45, 2.75) is 167 Å². The zero-order valence-corrected chi connectivity index (χ0v) is 29.9. The summed E-state index contributed by atoms with van der Waals surface area (Å²) in [7, 11) is -2.17. The third kappa shape index (κ3) is 14.1. The van der Waals surface area contributed by atoms with E-state index in [1.165, 1.54) is 31.8 Å². The van der Waals surface area contributed by atoms with Gasteiger partial charge in [0.1, 0.15) is 11.5 Å². The summed E-state index contributed by atoms with van der Waals surface area (Å²) in [6.07, 6.45) is 15.6. The van der Waals surface area contributed by atoms with Crippen LogP contribution in [0.25, 0.3) is 0 Å². The van der Waals surface area contributed by atoms with Crippen molar-refractivity contribution in [1.82, 2.24) is 0 Å². The molecular formula is C34H64O8Si. The molecule has 0 aromatic rings. The smallest absolute Gasteiger partial charge is 0.339 e. The fraction of sp³-hybridized carbons (Fsp3) is 0.882. The van der Waals surface area contributed by atoms with Crippen molar-refractivity contribution < 1.29 is 38.4 Å². The third-order valence-electron chi connectivity index (χ3n) is 8.77. The summed E-state index contributed by atoms with van der Waals surface area (Å²) < 4.78 is 23.8. The van der Waals surface area contributed by atoms with Gasteiger partial charge >= 0.3 is 11.9 Å². The van der Waals surface area contributed by atoms with E-state index in [-0.39, 0.29) is 18.1 Å².